The number of nitrogens with zero attached hydrogens (tertiary/aromatic N) is 3. The fourth-order valence-corrected chi connectivity index (χ4v) is 4.97. The molecule has 0 aliphatic carbocycles. The highest BCUT2D eigenvalue weighted by molar-refractivity contribution is 7.99. The smallest absolute Gasteiger partial charge is 0.233 e. The number of hydrogen-bond acceptors (Lipinski definition) is 6. The number of piperidine rings is 1. The second-order valence-electron chi connectivity index (χ2n) is 6.32. The number of hydrogen-bond donors (Lipinski definition) is 1. The van der Waals surface area contributed by atoms with Crippen LogP contribution in [0.2, 0.25) is 0 Å². The molecule has 0 bridgehead atoms. The number of anilines is 1. The normalized spacial score (nSPS) is 14.7. The summed E-state index contributed by atoms with van der Waals surface area (Å²) in [5.74, 6) is 0.998. The van der Waals surface area contributed by atoms with Gasteiger partial charge in [-0.05, 0) is 24.8 Å². The quantitative estimate of drug-likeness (QED) is 0.543. The minimum Gasteiger partial charge on any atom is -0.383 e. The number of nitrogens with two attached hydrogens (primary N) is 1. The van der Waals surface area contributed by atoms with Gasteiger partial charge in [-0.3, -0.25) is 4.79 Å². The Bertz CT molecular complexity index is 920. The zero-order valence-corrected chi connectivity index (χ0v) is 16.0. The van der Waals surface area contributed by atoms with Gasteiger partial charge in [0.1, 0.15) is 10.6 Å². The molecule has 0 unspecified atom stereocenters. The number of thioether (sulfide) groups is 1. The molecular formula is C19H20N4OS2. The van der Waals surface area contributed by atoms with Crippen molar-refractivity contribution in [1.29, 1.82) is 0 Å². The number of thiophene rings is 1. The highest BCUT2D eigenvalue weighted by Gasteiger charge is 2.18. The van der Waals surface area contributed by atoms with Crippen LogP contribution < -0.4 is 5.73 Å². The van der Waals surface area contributed by atoms with Crippen LogP contribution in [0.25, 0.3) is 21.3 Å². The molecule has 2 aromatic heterocycles. The van der Waals surface area contributed by atoms with E-state index in [1.54, 1.807) is 11.3 Å². The summed E-state index contributed by atoms with van der Waals surface area (Å²) >= 11 is 2.93. The summed E-state index contributed by atoms with van der Waals surface area (Å²) < 4.78 is 0. The Hall–Kier alpha value is -2.12. The molecule has 0 spiro atoms. The zero-order chi connectivity index (χ0) is 17.9. The van der Waals surface area contributed by atoms with Gasteiger partial charge in [0.25, 0.3) is 0 Å². The van der Waals surface area contributed by atoms with E-state index in [4.69, 9.17) is 5.73 Å². The molecule has 3 aromatic rings. The summed E-state index contributed by atoms with van der Waals surface area (Å²) in [6.45, 7) is 1.74. The summed E-state index contributed by atoms with van der Waals surface area (Å²) in [5.41, 5.74) is 8.40. The number of carbonyl (C=O) groups is 1. The fraction of sp³-hybridized carbons (Fsp3) is 0.316. The van der Waals surface area contributed by atoms with E-state index < -0.39 is 0 Å². The number of rotatable bonds is 4. The first-order valence-corrected chi connectivity index (χ1v) is 10.6. The zero-order valence-electron chi connectivity index (χ0n) is 14.4. The van der Waals surface area contributed by atoms with Crippen molar-refractivity contribution in [1.82, 2.24) is 14.9 Å². The van der Waals surface area contributed by atoms with Crippen molar-refractivity contribution in [3.8, 4) is 11.1 Å². The maximum Gasteiger partial charge on any atom is 0.233 e. The Balaban J connectivity index is 1.53. The number of nitrogen functional groups attached to an aromatic ring is 1. The van der Waals surface area contributed by atoms with Crippen molar-refractivity contribution < 1.29 is 4.79 Å². The van der Waals surface area contributed by atoms with Crippen LogP contribution in [0.5, 0.6) is 0 Å². The third-order valence-electron chi connectivity index (χ3n) is 4.56. The molecule has 1 fully saturated rings. The van der Waals surface area contributed by atoms with Crippen LogP contribution in [0.3, 0.4) is 0 Å². The molecule has 5 nitrogen and oxygen atoms in total. The van der Waals surface area contributed by atoms with E-state index in [1.165, 1.54) is 18.2 Å². The summed E-state index contributed by atoms with van der Waals surface area (Å²) in [5, 5.41) is 3.54. The lowest BCUT2D eigenvalue weighted by Gasteiger charge is -2.26. The SMILES string of the molecule is Nc1nc(SCC(=O)N2CCCCC2)nc2scc(-c3ccccc3)c12. The van der Waals surface area contributed by atoms with Gasteiger partial charge < -0.3 is 10.6 Å². The van der Waals surface area contributed by atoms with Crippen molar-refractivity contribution in [2.75, 3.05) is 24.6 Å². The van der Waals surface area contributed by atoms with Gasteiger partial charge in [-0.15, -0.1) is 11.3 Å². The van der Waals surface area contributed by atoms with Gasteiger partial charge in [-0.25, -0.2) is 9.97 Å². The number of fused-ring (bicyclic) bond motifs is 1. The van der Waals surface area contributed by atoms with Gasteiger partial charge in [0, 0.05) is 24.0 Å². The molecule has 1 amide bonds. The monoisotopic (exact) mass is 384 g/mol. The van der Waals surface area contributed by atoms with Gasteiger partial charge in [0.05, 0.1) is 11.1 Å². The minimum absolute atomic E-state index is 0.160. The Morgan fingerprint density at radius 2 is 1.92 bits per heavy atom. The third-order valence-corrected chi connectivity index (χ3v) is 6.26. The topological polar surface area (TPSA) is 72.1 Å². The van der Waals surface area contributed by atoms with Gasteiger partial charge >= 0.3 is 0 Å². The van der Waals surface area contributed by atoms with Crippen LogP contribution in [0.4, 0.5) is 5.82 Å². The predicted molar refractivity (Wildman–Crippen MR) is 108 cm³/mol. The maximum absolute atomic E-state index is 12.3. The molecule has 2 N–H and O–H groups in total. The van der Waals surface area contributed by atoms with E-state index in [2.05, 4.69) is 27.5 Å². The molecule has 1 aromatic carbocycles. The van der Waals surface area contributed by atoms with E-state index in [0.29, 0.717) is 16.7 Å². The Labute approximate surface area is 160 Å². The molecule has 4 rings (SSSR count). The number of benzene rings is 1. The summed E-state index contributed by atoms with van der Waals surface area (Å²) in [6.07, 6.45) is 3.42. The van der Waals surface area contributed by atoms with E-state index in [1.807, 2.05) is 23.1 Å². The fourth-order valence-electron chi connectivity index (χ4n) is 3.20. The first kappa shape index (κ1) is 17.3. The highest BCUT2D eigenvalue weighted by Crippen LogP contribution is 2.36. The van der Waals surface area contributed by atoms with Crippen molar-refractivity contribution in [2.45, 2.75) is 24.4 Å². The second kappa shape index (κ2) is 7.63. The highest BCUT2D eigenvalue weighted by atomic mass is 32.2. The van der Waals surface area contributed by atoms with Crippen molar-refractivity contribution in [3.05, 3.63) is 35.7 Å². The Morgan fingerprint density at radius 3 is 2.69 bits per heavy atom. The minimum atomic E-state index is 0.160. The van der Waals surface area contributed by atoms with Crippen LogP contribution >= 0.6 is 23.1 Å². The van der Waals surface area contributed by atoms with E-state index in [0.717, 1.165) is 47.3 Å². The van der Waals surface area contributed by atoms with E-state index >= 15 is 0 Å². The van der Waals surface area contributed by atoms with E-state index in [9.17, 15) is 4.79 Å². The van der Waals surface area contributed by atoms with Crippen LogP contribution in [0, 0.1) is 0 Å². The largest absolute Gasteiger partial charge is 0.383 e. The van der Waals surface area contributed by atoms with Crippen LogP contribution in [0.15, 0.2) is 40.9 Å². The lowest BCUT2D eigenvalue weighted by Crippen LogP contribution is -2.36. The molecule has 3 heterocycles. The van der Waals surface area contributed by atoms with Crippen LogP contribution in [-0.4, -0.2) is 39.6 Å². The van der Waals surface area contributed by atoms with Gasteiger partial charge in [0.15, 0.2) is 5.16 Å². The average molecular weight is 385 g/mol. The van der Waals surface area contributed by atoms with Crippen LogP contribution in [-0.2, 0) is 4.79 Å². The van der Waals surface area contributed by atoms with Crippen LogP contribution in [0.1, 0.15) is 19.3 Å². The third kappa shape index (κ3) is 3.54. The molecule has 0 saturated carbocycles. The predicted octanol–water partition coefficient (Wildman–Crippen LogP) is 4.05. The Kier molecular flexibility index (Phi) is 5.08. The number of likely N-dealkylation sites (tertiary alicyclic amines) is 1. The lowest BCUT2D eigenvalue weighted by atomic mass is 10.1. The molecule has 7 heteroatoms. The average Bonchev–Trinajstić information content (AvgIpc) is 3.12. The van der Waals surface area contributed by atoms with Crippen molar-refractivity contribution >= 4 is 45.0 Å². The number of amides is 1. The van der Waals surface area contributed by atoms with Gasteiger partial charge in [-0.1, -0.05) is 42.1 Å². The molecule has 26 heavy (non-hydrogen) atoms. The van der Waals surface area contributed by atoms with Gasteiger partial charge in [0.2, 0.25) is 5.91 Å². The lowest BCUT2D eigenvalue weighted by molar-refractivity contribution is -0.129. The summed E-state index contributed by atoms with van der Waals surface area (Å²) in [4.78, 5) is 24.2. The summed E-state index contributed by atoms with van der Waals surface area (Å²) in [7, 11) is 0. The molecule has 0 radical (unpaired) electrons. The molecule has 134 valence electrons. The van der Waals surface area contributed by atoms with Crippen molar-refractivity contribution in [3.63, 3.8) is 0 Å². The van der Waals surface area contributed by atoms with E-state index in [-0.39, 0.29) is 5.91 Å². The first-order chi connectivity index (χ1) is 12.7. The molecule has 0 atom stereocenters. The molecule has 1 saturated heterocycles. The Morgan fingerprint density at radius 1 is 1.15 bits per heavy atom. The first-order valence-electron chi connectivity index (χ1n) is 8.73. The standard InChI is InChI=1S/C19H20N4OS2/c20-17-16-14(13-7-3-1-4-8-13)11-25-18(16)22-19(21-17)26-12-15(24)23-9-5-2-6-10-23/h1,3-4,7-8,11H,2,5-6,9-10,12H2,(H2,20,21,22). The molecular weight excluding hydrogens is 364 g/mol. The maximum atomic E-state index is 12.3. The van der Waals surface area contributed by atoms with Gasteiger partial charge in [-0.2, -0.15) is 0 Å². The second-order valence-corrected chi connectivity index (χ2v) is 8.12. The molecule has 1 aliphatic rings. The number of aromatic nitrogens is 2. The van der Waals surface area contributed by atoms with Crippen molar-refractivity contribution in [2.24, 2.45) is 0 Å². The summed E-state index contributed by atoms with van der Waals surface area (Å²) in [6, 6.07) is 10.1. The molecule has 1 aliphatic heterocycles. The number of carbonyl (C=O) groups excluding carboxylic acids is 1.